The highest BCUT2D eigenvalue weighted by Gasteiger charge is 2.13. The number of ether oxygens (including phenoxy) is 2. The Morgan fingerprint density at radius 3 is 2.33 bits per heavy atom. The molecule has 0 fully saturated rings. The molecule has 0 bridgehead atoms. The van der Waals surface area contributed by atoms with Crippen molar-refractivity contribution in [1.82, 2.24) is 0 Å². The summed E-state index contributed by atoms with van der Waals surface area (Å²) in [6.45, 7) is 2.39. The van der Waals surface area contributed by atoms with Gasteiger partial charge in [-0.05, 0) is 25.0 Å². The summed E-state index contributed by atoms with van der Waals surface area (Å²) in [5.41, 5.74) is -0.198. The highest BCUT2D eigenvalue weighted by atomic mass is 16.6. The second-order valence-corrected chi connectivity index (χ2v) is 5.41. The van der Waals surface area contributed by atoms with Gasteiger partial charge in [0.2, 0.25) is 0 Å². The second-order valence-electron chi connectivity index (χ2n) is 5.41. The third kappa shape index (κ3) is 7.71. The molecule has 0 radical (unpaired) electrons. The van der Waals surface area contributed by atoms with Crippen molar-refractivity contribution in [3.05, 3.63) is 33.9 Å². The van der Waals surface area contributed by atoms with Crippen LogP contribution in [-0.4, -0.2) is 30.4 Å². The van der Waals surface area contributed by atoms with E-state index in [0.29, 0.717) is 25.2 Å². The van der Waals surface area contributed by atoms with E-state index in [1.807, 2.05) is 0 Å². The summed E-state index contributed by atoms with van der Waals surface area (Å²) >= 11 is 0. The summed E-state index contributed by atoms with van der Waals surface area (Å²) in [4.78, 5) is 31.6. The molecule has 0 aliphatic carbocycles. The van der Waals surface area contributed by atoms with Crippen LogP contribution in [0.1, 0.15) is 55.8 Å². The van der Waals surface area contributed by atoms with Crippen LogP contribution >= 0.6 is 0 Å². The minimum absolute atomic E-state index is 0.0188. The number of nitrogens with zero attached hydrogens (tertiary/aromatic N) is 1. The Bertz CT molecular complexity index is 558. The molecule has 0 unspecified atom stereocenters. The van der Waals surface area contributed by atoms with Gasteiger partial charge >= 0.3 is 5.97 Å². The second kappa shape index (κ2) is 11.2. The fourth-order valence-electron chi connectivity index (χ4n) is 2.20. The molecule has 0 amide bonds. The van der Waals surface area contributed by atoms with Gasteiger partial charge in [-0.25, -0.2) is 0 Å². The number of carbonyl (C=O) groups excluding carboxylic acids is 2. The Morgan fingerprint density at radius 1 is 1.12 bits per heavy atom. The Kier molecular flexibility index (Phi) is 9.11. The molecule has 0 heterocycles. The van der Waals surface area contributed by atoms with Crippen LogP contribution in [0.15, 0.2) is 18.2 Å². The Hall–Kier alpha value is -2.44. The summed E-state index contributed by atoms with van der Waals surface area (Å²) in [6, 6.07) is 4.17. The quantitative estimate of drug-likeness (QED) is 0.190. The highest BCUT2D eigenvalue weighted by molar-refractivity contribution is 5.82. The Morgan fingerprint density at radius 2 is 1.75 bits per heavy atom. The summed E-state index contributed by atoms with van der Waals surface area (Å²) < 4.78 is 10.4. The molecule has 132 valence electrons. The van der Waals surface area contributed by atoms with Crippen molar-refractivity contribution in [2.24, 2.45) is 0 Å². The summed E-state index contributed by atoms with van der Waals surface area (Å²) in [6.07, 6.45) is 6.41. The van der Waals surface area contributed by atoms with Crippen molar-refractivity contribution in [3.8, 4) is 5.75 Å². The topological polar surface area (TPSA) is 95.7 Å². The van der Waals surface area contributed by atoms with Gasteiger partial charge in [0.25, 0.3) is 5.69 Å². The number of carbonyl (C=O) groups is 2. The van der Waals surface area contributed by atoms with Crippen molar-refractivity contribution in [2.45, 2.75) is 45.4 Å². The lowest BCUT2D eigenvalue weighted by Gasteiger charge is -2.07. The van der Waals surface area contributed by atoms with Crippen LogP contribution in [0.2, 0.25) is 0 Å². The van der Waals surface area contributed by atoms with Crippen LogP contribution in [0, 0.1) is 10.1 Å². The van der Waals surface area contributed by atoms with Gasteiger partial charge in [0.05, 0.1) is 23.7 Å². The molecular formula is C17H23NO6. The molecule has 0 atom stereocenters. The van der Waals surface area contributed by atoms with Gasteiger partial charge in [0, 0.05) is 13.0 Å². The van der Waals surface area contributed by atoms with Crippen LogP contribution in [0.25, 0.3) is 0 Å². The lowest BCUT2D eigenvalue weighted by Crippen LogP contribution is -2.01. The van der Waals surface area contributed by atoms with Crippen LogP contribution in [0.3, 0.4) is 0 Å². The number of nitro benzene ring substituents is 1. The van der Waals surface area contributed by atoms with Crippen LogP contribution in [0.5, 0.6) is 5.75 Å². The van der Waals surface area contributed by atoms with E-state index < -0.39 is 4.92 Å². The number of hydrogen-bond donors (Lipinski definition) is 0. The average molecular weight is 337 g/mol. The predicted molar refractivity (Wildman–Crippen MR) is 88.3 cm³/mol. The van der Waals surface area contributed by atoms with E-state index >= 15 is 0 Å². The molecule has 0 N–H and O–H groups in total. The molecule has 0 aliphatic heterocycles. The minimum Gasteiger partial charge on any atom is -0.494 e. The van der Waals surface area contributed by atoms with E-state index in [2.05, 4.69) is 0 Å². The fourth-order valence-corrected chi connectivity index (χ4v) is 2.20. The van der Waals surface area contributed by atoms with E-state index in [9.17, 15) is 19.7 Å². The zero-order valence-electron chi connectivity index (χ0n) is 13.9. The summed E-state index contributed by atoms with van der Waals surface area (Å²) in [5, 5.41) is 10.7. The standard InChI is InChI=1S/C17H23NO6/c1-14(20)23-10-6-4-2-3-5-7-11-24-16-8-9-17(18(21)22)15(12-16)13-19/h8-9,12-13H,2-7,10-11H2,1H3. The number of benzene rings is 1. The van der Waals surface area contributed by atoms with Gasteiger partial charge in [-0.1, -0.05) is 25.7 Å². The van der Waals surface area contributed by atoms with Crippen LogP contribution in [-0.2, 0) is 9.53 Å². The molecule has 0 saturated carbocycles. The van der Waals surface area contributed by atoms with E-state index in [1.54, 1.807) is 0 Å². The van der Waals surface area contributed by atoms with Gasteiger partial charge in [-0.3, -0.25) is 19.7 Å². The number of nitro groups is 1. The molecule has 7 heteroatoms. The van der Waals surface area contributed by atoms with Gasteiger partial charge in [-0.2, -0.15) is 0 Å². The number of aldehydes is 1. The molecule has 1 rings (SSSR count). The molecule has 0 saturated heterocycles. The molecule has 0 aliphatic rings. The molecule has 1 aromatic carbocycles. The lowest BCUT2D eigenvalue weighted by atomic mass is 10.1. The zero-order chi connectivity index (χ0) is 17.8. The Balaban J connectivity index is 2.14. The van der Waals surface area contributed by atoms with E-state index in [1.165, 1.54) is 25.1 Å². The maximum Gasteiger partial charge on any atom is 0.302 e. The third-order valence-electron chi connectivity index (χ3n) is 3.44. The molecule has 7 nitrogen and oxygen atoms in total. The third-order valence-corrected chi connectivity index (χ3v) is 3.44. The predicted octanol–water partition coefficient (Wildman–Crippen LogP) is 3.69. The maximum atomic E-state index is 10.9. The Labute approximate surface area is 141 Å². The first-order valence-corrected chi connectivity index (χ1v) is 8.04. The van der Waals surface area contributed by atoms with Crippen molar-refractivity contribution >= 4 is 17.9 Å². The number of esters is 1. The molecule has 0 aromatic heterocycles. The van der Waals surface area contributed by atoms with Crippen molar-refractivity contribution in [1.29, 1.82) is 0 Å². The summed E-state index contributed by atoms with van der Waals surface area (Å²) in [5.74, 6) is 0.222. The monoisotopic (exact) mass is 337 g/mol. The fraction of sp³-hybridized carbons (Fsp3) is 0.529. The van der Waals surface area contributed by atoms with Gasteiger partial charge in [0.15, 0.2) is 6.29 Å². The first-order valence-electron chi connectivity index (χ1n) is 8.04. The molecular weight excluding hydrogens is 314 g/mol. The lowest BCUT2D eigenvalue weighted by molar-refractivity contribution is -0.385. The SMILES string of the molecule is CC(=O)OCCCCCCCCOc1ccc([N+](=O)[O-])c(C=O)c1. The highest BCUT2D eigenvalue weighted by Crippen LogP contribution is 2.22. The summed E-state index contributed by atoms with van der Waals surface area (Å²) in [7, 11) is 0. The average Bonchev–Trinajstić information content (AvgIpc) is 2.55. The van der Waals surface area contributed by atoms with Crippen molar-refractivity contribution in [3.63, 3.8) is 0 Å². The number of hydrogen-bond acceptors (Lipinski definition) is 6. The van der Waals surface area contributed by atoms with E-state index in [0.717, 1.165) is 38.5 Å². The van der Waals surface area contributed by atoms with Gasteiger partial charge < -0.3 is 9.47 Å². The number of rotatable bonds is 12. The molecule has 24 heavy (non-hydrogen) atoms. The zero-order valence-corrected chi connectivity index (χ0v) is 13.9. The van der Waals surface area contributed by atoms with Crippen LogP contribution < -0.4 is 4.74 Å². The molecule has 0 spiro atoms. The van der Waals surface area contributed by atoms with Crippen LogP contribution in [0.4, 0.5) is 5.69 Å². The van der Waals surface area contributed by atoms with Gasteiger partial charge in [-0.15, -0.1) is 0 Å². The maximum absolute atomic E-state index is 10.9. The van der Waals surface area contributed by atoms with E-state index in [-0.39, 0.29) is 17.2 Å². The number of unbranched alkanes of at least 4 members (excludes halogenated alkanes) is 5. The van der Waals surface area contributed by atoms with Crippen molar-refractivity contribution in [2.75, 3.05) is 13.2 Å². The van der Waals surface area contributed by atoms with Gasteiger partial charge in [0.1, 0.15) is 5.75 Å². The first kappa shape index (κ1) is 19.6. The minimum atomic E-state index is -0.588. The first-order chi connectivity index (χ1) is 11.5. The van der Waals surface area contributed by atoms with Crippen molar-refractivity contribution < 1.29 is 24.0 Å². The molecule has 1 aromatic rings. The largest absolute Gasteiger partial charge is 0.494 e. The normalized spacial score (nSPS) is 10.2. The smallest absolute Gasteiger partial charge is 0.302 e. The van der Waals surface area contributed by atoms with E-state index in [4.69, 9.17) is 9.47 Å².